The molecule has 2 heterocycles. The quantitative estimate of drug-likeness (QED) is 0.504. The van der Waals surface area contributed by atoms with E-state index in [0.717, 1.165) is 0 Å². The van der Waals surface area contributed by atoms with Crippen molar-refractivity contribution in [3.63, 3.8) is 0 Å². The molecule has 0 saturated carbocycles. The number of hydrogen-bond acceptors (Lipinski definition) is 7. The van der Waals surface area contributed by atoms with E-state index in [1.54, 1.807) is 24.4 Å². The molecule has 0 unspecified atom stereocenters. The summed E-state index contributed by atoms with van der Waals surface area (Å²) >= 11 is 0. The van der Waals surface area contributed by atoms with Gasteiger partial charge >= 0.3 is 0 Å². The first kappa shape index (κ1) is 19.6. The van der Waals surface area contributed by atoms with Gasteiger partial charge in [0.25, 0.3) is 10.0 Å². The molecule has 0 saturated heterocycles. The third kappa shape index (κ3) is 4.18. The molecule has 0 atom stereocenters. The zero-order valence-electron chi connectivity index (χ0n) is 15.4. The number of aromatic nitrogens is 3. The SMILES string of the molecule is O=C(CCc1nc(-c2ccc(F)cc2)no1)NS(=O)(=O)c1cccc2cnccc12. The fraction of sp³-hybridized carbons (Fsp3) is 0.100. The molecule has 1 N–H and O–H groups in total. The molecule has 1 amide bonds. The highest BCUT2D eigenvalue weighted by molar-refractivity contribution is 7.90. The van der Waals surface area contributed by atoms with Crippen LogP contribution in [0.4, 0.5) is 4.39 Å². The minimum absolute atomic E-state index is 0.00728. The second kappa shape index (κ2) is 7.99. The fourth-order valence-electron chi connectivity index (χ4n) is 2.88. The third-order valence-electron chi connectivity index (χ3n) is 4.31. The monoisotopic (exact) mass is 426 g/mol. The number of amides is 1. The van der Waals surface area contributed by atoms with E-state index in [1.165, 1.54) is 36.5 Å². The maximum Gasteiger partial charge on any atom is 0.264 e. The highest BCUT2D eigenvalue weighted by Crippen LogP contribution is 2.22. The number of carbonyl (C=O) groups excluding carboxylic acids is 1. The summed E-state index contributed by atoms with van der Waals surface area (Å²) in [6, 6.07) is 11.9. The molecule has 0 aliphatic carbocycles. The van der Waals surface area contributed by atoms with Crippen LogP contribution < -0.4 is 4.72 Å². The summed E-state index contributed by atoms with van der Waals surface area (Å²) in [5.74, 6) is -0.675. The number of pyridine rings is 1. The van der Waals surface area contributed by atoms with E-state index < -0.39 is 15.9 Å². The minimum Gasteiger partial charge on any atom is -0.339 e. The lowest BCUT2D eigenvalue weighted by molar-refractivity contribution is -0.119. The lowest BCUT2D eigenvalue weighted by Gasteiger charge is -2.09. The van der Waals surface area contributed by atoms with Crippen molar-refractivity contribution in [2.45, 2.75) is 17.7 Å². The lowest BCUT2D eigenvalue weighted by Crippen LogP contribution is -2.30. The van der Waals surface area contributed by atoms with Crippen LogP contribution in [-0.2, 0) is 21.2 Å². The fourth-order valence-corrected chi connectivity index (χ4v) is 4.12. The van der Waals surface area contributed by atoms with E-state index in [1.807, 2.05) is 0 Å². The van der Waals surface area contributed by atoms with Crippen molar-refractivity contribution in [3.8, 4) is 11.4 Å². The minimum atomic E-state index is -4.06. The molecule has 8 nitrogen and oxygen atoms in total. The van der Waals surface area contributed by atoms with E-state index in [9.17, 15) is 17.6 Å². The normalized spacial score (nSPS) is 11.5. The number of rotatable bonds is 6. The maximum atomic E-state index is 13.0. The Labute approximate surface area is 170 Å². The summed E-state index contributed by atoms with van der Waals surface area (Å²) in [5.41, 5.74) is 0.559. The first-order valence-corrected chi connectivity index (χ1v) is 10.4. The summed E-state index contributed by atoms with van der Waals surface area (Å²) < 4.78 is 45.4. The average Bonchev–Trinajstić information content (AvgIpc) is 3.21. The van der Waals surface area contributed by atoms with Crippen molar-refractivity contribution in [3.05, 3.63) is 72.6 Å². The predicted octanol–water partition coefficient (Wildman–Crippen LogP) is 2.86. The Hall–Kier alpha value is -3.66. The molecule has 0 aliphatic rings. The molecule has 0 fully saturated rings. The zero-order chi connectivity index (χ0) is 21.1. The summed E-state index contributed by atoms with van der Waals surface area (Å²) in [6.07, 6.45) is 2.91. The molecule has 4 rings (SSSR count). The molecule has 10 heteroatoms. The van der Waals surface area contributed by atoms with Crippen LogP contribution in [0.3, 0.4) is 0 Å². The van der Waals surface area contributed by atoms with Gasteiger partial charge in [-0.25, -0.2) is 17.5 Å². The highest BCUT2D eigenvalue weighted by Gasteiger charge is 2.20. The van der Waals surface area contributed by atoms with E-state index >= 15 is 0 Å². The Bertz CT molecular complexity index is 1310. The zero-order valence-corrected chi connectivity index (χ0v) is 16.3. The van der Waals surface area contributed by atoms with E-state index in [0.29, 0.717) is 16.3 Å². The van der Waals surface area contributed by atoms with Crippen molar-refractivity contribution in [2.75, 3.05) is 0 Å². The Kier molecular flexibility index (Phi) is 5.23. The second-order valence-corrected chi connectivity index (χ2v) is 8.05. The highest BCUT2D eigenvalue weighted by atomic mass is 32.2. The summed E-state index contributed by atoms with van der Waals surface area (Å²) in [6.45, 7) is 0. The molecule has 2 aromatic carbocycles. The van der Waals surface area contributed by atoms with Crippen LogP contribution in [0.15, 0.2) is 70.3 Å². The number of hydrogen-bond donors (Lipinski definition) is 1. The third-order valence-corrected chi connectivity index (χ3v) is 5.75. The van der Waals surface area contributed by atoms with Crippen LogP contribution in [0.25, 0.3) is 22.2 Å². The number of benzene rings is 2. The smallest absolute Gasteiger partial charge is 0.264 e. The molecule has 0 bridgehead atoms. The number of aryl methyl sites for hydroxylation is 1. The Balaban J connectivity index is 1.43. The van der Waals surface area contributed by atoms with Crippen molar-refractivity contribution in [1.82, 2.24) is 19.8 Å². The summed E-state index contributed by atoms with van der Waals surface area (Å²) in [4.78, 5) is 20.3. The lowest BCUT2D eigenvalue weighted by atomic mass is 10.2. The molecule has 0 radical (unpaired) electrons. The molecular formula is C20H15FN4O4S. The first-order valence-electron chi connectivity index (χ1n) is 8.89. The summed E-state index contributed by atoms with van der Waals surface area (Å²) in [5, 5.41) is 4.90. The average molecular weight is 426 g/mol. The molecular weight excluding hydrogens is 411 g/mol. The number of sulfonamides is 1. The van der Waals surface area contributed by atoms with Gasteiger partial charge in [0.15, 0.2) is 0 Å². The summed E-state index contributed by atoms with van der Waals surface area (Å²) in [7, 11) is -4.06. The number of fused-ring (bicyclic) bond motifs is 1. The van der Waals surface area contributed by atoms with Gasteiger partial charge in [-0.1, -0.05) is 17.3 Å². The van der Waals surface area contributed by atoms with Gasteiger partial charge in [0, 0.05) is 41.6 Å². The van der Waals surface area contributed by atoms with Crippen molar-refractivity contribution in [2.24, 2.45) is 0 Å². The van der Waals surface area contributed by atoms with Crippen LogP contribution in [0.5, 0.6) is 0 Å². The van der Waals surface area contributed by atoms with Gasteiger partial charge in [-0.15, -0.1) is 0 Å². The van der Waals surface area contributed by atoms with E-state index in [2.05, 4.69) is 19.8 Å². The van der Waals surface area contributed by atoms with Gasteiger partial charge in [-0.2, -0.15) is 4.98 Å². The molecule has 4 aromatic rings. The van der Waals surface area contributed by atoms with Gasteiger partial charge in [-0.05, 0) is 36.4 Å². The Morgan fingerprint density at radius 3 is 2.70 bits per heavy atom. The maximum absolute atomic E-state index is 13.0. The molecule has 0 aliphatic heterocycles. The van der Waals surface area contributed by atoms with Gasteiger partial charge in [0.1, 0.15) is 5.82 Å². The number of nitrogens with zero attached hydrogens (tertiary/aromatic N) is 3. The molecule has 30 heavy (non-hydrogen) atoms. The van der Waals surface area contributed by atoms with E-state index in [-0.39, 0.29) is 35.3 Å². The number of nitrogens with one attached hydrogen (secondary N) is 1. The van der Waals surface area contributed by atoms with Crippen LogP contribution in [-0.4, -0.2) is 29.4 Å². The van der Waals surface area contributed by atoms with Crippen LogP contribution in [0.2, 0.25) is 0 Å². The van der Waals surface area contributed by atoms with Crippen molar-refractivity contribution < 1.29 is 22.1 Å². The molecule has 152 valence electrons. The largest absolute Gasteiger partial charge is 0.339 e. The predicted molar refractivity (Wildman–Crippen MR) is 105 cm³/mol. The molecule has 0 spiro atoms. The number of carbonyl (C=O) groups is 1. The van der Waals surface area contributed by atoms with Crippen LogP contribution in [0, 0.1) is 5.82 Å². The first-order chi connectivity index (χ1) is 14.4. The standard InChI is InChI=1S/C20H15FN4O4S/c21-15-6-4-13(5-7-15)20-23-19(29-24-20)9-8-18(26)25-30(27,28)17-3-1-2-14-12-22-11-10-16(14)17/h1-7,10-12H,8-9H2,(H,25,26). The second-order valence-electron chi connectivity index (χ2n) is 6.40. The van der Waals surface area contributed by atoms with Gasteiger partial charge in [-0.3, -0.25) is 9.78 Å². The molecule has 2 aromatic heterocycles. The van der Waals surface area contributed by atoms with Crippen molar-refractivity contribution >= 4 is 26.7 Å². The Morgan fingerprint density at radius 1 is 1.10 bits per heavy atom. The topological polar surface area (TPSA) is 115 Å². The van der Waals surface area contributed by atoms with Gasteiger partial charge < -0.3 is 4.52 Å². The van der Waals surface area contributed by atoms with E-state index in [4.69, 9.17) is 4.52 Å². The van der Waals surface area contributed by atoms with Crippen molar-refractivity contribution in [1.29, 1.82) is 0 Å². The van der Waals surface area contributed by atoms with Gasteiger partial charge in [0.2, 0.25) is 17.6 Å². The van der Waals surface area contributed by atoms with Gasteiger partial charge in [0.05, 0.1) is 4.90 Å². The van der Waals surface area contributed by atoms with Crippen LogP contribution >= 0.6 is 0 Å². The Morgan fingerprint density at radius 2 is 1.90 bits per heavy atom. The number of halogens is 1. The van der Waals surface area contributed by atoms with Crippen LogP contribution in [0.1, 0.15) is 12.3 Å².